The molecule has 3 atom stereocenters. The Morgan fingerprint density at radius 3 is 2.85 bits per heavy atom. The molecule has 16 nitrogen and oxygen atoms in total. The van der Waals surface area contributed by atoms with Crippen molar-refractivity contribution in [1.29, 1.82) is 0 Å². The van der Waals surface area contributed by atoms with E-state index in [4.69, 9.17) is 15.7 Å². The van der Waals surface area contributed by atoms with Crippen molar-refractivity contribution in [3.05, 3.63) is 34.5 Å². The van der Waals surface area contributed by atoms with E-state index >= 15 is 0 Å². The molecular formula is C22H25N9O7S3. The summed E-state index contributed by atoms with van der Waals surface area (Å²) in [5, 5.41) is 32.0. The highest BCUT2D eigenvalue weighted by Crippen LogP contribution is 2.41. The smallest absolute Gasteiger partial charge is 0.352 e. The molecule has 0 bridgehead atoms. The lowest BCUT2D eigenvalue weighted by Crippen LogP contribution is -2.71. The summed E-state index contributed by atoms with van der Waals surface area (Å²) in [6, 6.07) is -0.985. The number of carbonyl (C=O) groups excluding carboxylic acids is 2. The van der Waals surface area contributed by atoms with Crippen molar-refractivity contribution in [3.63, 3.8) is 0 Å². The Morgan fingerprint density at radius 1 is 1.34 bits per heavy atom. The molecule has 0 radical (unpaired) electrons. The number of nitrogens with two attached hydrogens (primary N) is 1. The lowest BCUT2D eigenvalue weighted by Gasteiger charge is -2.49. The van der Waals surface area contributed by atoms with Gasteiger partial charge in [0, 0.05) is 16.9 Å². The lowest BCUT2D eigenvalue weighted by molar-refractivity contribution is -0.150. The van der Waals surface area contributed by atoms with Gasteiger partial charge in [0.1, 0.15) is 41.8 Å². The molecule has 0 saturated carbocycles. The Balaban J connectivity index is 1.25. The first-order chi connectivity index (χ1) is 19.7. The van der Waals surface area contributed by atoms with Crippen LogP contribution in [0.3, 0.4) is 0 Å². The maximum atomic E-state index is 13.3. The average Bonchev–Trinajstić information content (AvgIpc) is 3.58. The van der Waals surface area contributed by atoms with E-state index in [0.29, 0.717) is 5.57 Å². The topological polar surface area (TPSA) is 215 Å². The molecule has 2 amide bonds. The van der Waals surface area contributed by atoms with Crippen molar-refractivity contribution >= 4 is 76.0 Å². The second kappa shape index (κ2) is 12.4. The number of carboxylic acid groups (broad SMARTS) is 2. The molecule has 1 aromatic heterocycles. The fraction of sp³-hybridized carbons (Fsp3) is 0.409. The number of thiazole rings is 1. The number of carbonyl (C=O) groups is 4. The summed E-state index contributed by atoms with van der Waals surface area (Å²) in [6.45, 7) is -0.317. The first-order valence-corrected chi connectivity index (χ1v) is 15.1. The number of nitrogens with one attached hydrogen (secondary N) is 2. The molecule has 4 aliphatic rings. The van der Waals surface area contributed by atoms with Crippen LogP contribution in [0.2, 0.25) is 0 Å². The number of hydrogen-bond acceptors (Lipinski definition) is 15. The minimum absolute atomic E-state index is 0.134. The minimum Gasteiger partial charge on any atom is -0.480 e. The van der Waals surface area contributed by atoms with Crippen LogP contribution in [-0.4, -0.2) is 101 Å². The van der Waals surface area contributed by atoms with E-state index in [0.717, 1.165) is 47.4 Å². The van der Waals surface area contributed by atoms with Gasteiger partial charge in [-0.3, -0.25) is 24.3 Å². The summed E-state index contributed by atoms with van der Waals surface area (Å²) in [4.78, 5) is 60.3. The van der Waals surface area contributed by atoms with E-state index in [1.807, 2.05) is 12.2 Å². The number of aliphatic carboxylic acids is 2. The molecule has 6 N–H and O–H groups in total. The Morgan fingerprint density at radius 2 is 2.17 bits per heavy atom. The van der Waals surface area contributed by atoms with Crippen LogP contribution in [0.1, 0.15) is 25.0 Å². The quantitative estimate of drug-likeness (QED) is 0.0722. The molecule has 1 fully saturated rings. The van der Waals surface area contributed by atoms with Gasteiger partial charge in [0.2, 0.25) is 0 Å². The number of rotatable bonds is 11. The van der Waals surface area contributed by atoms with Gasteiger partial charge in [0.25, 0.3) is 11.8 Å². The third kappa shape index (κ3) is 6.42. The number of hydrogen-bond donors (Lipinski definition) is 5. The molecule has 1 aliphatic carbocycles. The first-order valence-electron chi connectivity index (χ1n) is 12.3. The first kappa shape index (κ1) is 28.7. The third-order valence-corrected chi connectivity index (χ3v) is 9.09. The highest BCUT2D eigenvalue weighted by atomic mass is 32.2. The number of aromatic nitrogens is 1. The number of fused-ring (bicyclic) bond motifs is 1. The summed E-state index contributed by atoms with van der Waals surface area (Å²) in [5.41, 5.74) is 8.86. The van der Waals surface area contributed by atoms with Crippen LogP contribution in [0.15, 0.2) is 39.1 Å². The Kier molecular flexibility index (Phi) is 8.66. The molecule has 0 spiro atoms. The van der Waals surface area contributed by atoms with Gasteiger partial charge in [0.15, 0.2) is 10.8 Å². The van der Waals surface area contributed by atoms with Crippen LogP contribution >= 0.6 is 35.0 Å². The van der Waals surface area contributed by atoms with Gasteiger partial charge < -0.3 is 26.1 Å². The van der Waals surface area contributed by atoms with E-state index in [1.165, 1.54) is 27.6 Å². The zero-order valence-corrected chi connectivity index (χ0v) is 23.7. The zero-order valence-electron chi connectivity index (χ0n) is 21.2. The van der Waals surface area contributed by atoms with E-state index in [1.54, 1.807) is 5.38 Å². The third-order valence-electron chi connectivity index (χ3n) is 6.18. The number of anilines is 1. The molecule has 3 aliphatic heterocycles. The number of thioether (sulfide) groups is 1. The predicted molar refractivity (Wildman–Crippen MR) is 151 cm³/mol. The molecule has 19 heteroatoms. The molecule has 5 rings (SSSR count). The Hall–Kier alpha value is -3.81. The average molecular weight is 624 g/mol. The van der Waals surface area contributed by atoms with Crippen LogP contribution in [0.25, 0.3) is 0 Å². The minimum atomic E-state index is -1.27. The highest BCUT2D eigenvalue weighted by Gasteiger charge is 2.54. The summed E-state index contributed by atoms with van der Waals surface area (Å²) < 4.78 is 1.30. The SMILES string of the molecule is Nc1nc(C(=NOC2C=CCCC2)C(=O)NC2C(=O)N3C(C(=O)O)=C(CSN4N=CN(CC(=O)O)N4)CS[C@H]23)cs1. The van der Waals surface area contributed by atoms with Gasteiger partial charge in [-0.25, -0.2) is 9.78 Å². The maximum absolute atomic E-state index is 13.3. The van der Waals surface area contributed by atoms with E-state index in [2.05, 4.69) is 26.1 Å². The van der Waals surface area contributed by atoms with Crippen LogP contribution in [0, 0.1) is 0 Å². The molecule has 218 valence electrons. The monoisotopic (exact) mass is 623 g/mol. The summed E-state index contributed by atoms with van der Waals surface area (Å²) in [6.07, 6.45) is 7.47. The van der Waals surface area contributed by atoms with Crippen LogP contribution in [0.5, 0.6) is 0 Å². The number of hydrazine groups is 2. The van der Waals surface area contributed by atoms with E-state index < -0.39 is 35.2 Å². The summed E-state index contributed by atoms with van der Waals surface area (Å²) >= 11 is 3.54. The van der Waals surface area contributed by atoms with Crippen molar-refractivity contribution in [3.8, 4) is 0 Å². The Labute approximate surface area is 245 Å². The molecule has 2 unspecified atom stereocenters. The van der Waals surface area contributed by atoms with Crippen molar-refractivity contribution < 1.29 is 34.2 Å². The van der Waals surface area contributed by atoms with E-state index in [-0.39, 0.29) is 46.4 Å². The molecular weight excluding hydrogens is 598 g/mol. The number of amides is 2. The van der Waals surface area contributed by atoms with Gasteiger partial charge in [-0.2, -0.15) is 0 Å². The van der Waals surface area contributed by atoms with Gasteiger partial charge in [-0.15, -0.1) is 38.3 Å². The van der Waals surface area contributed by atoms with Crippen molar-refractivity contribution in [1.82, 2.24) is 30.3 Å². The normalized spacial score (nSPS) is 23.9. The van der Waals surface area contributed by atoms with Gasteiger partial charge in [-0.05, 0) is 42.9 Å². The van der Waals surface area contributed by atoms with Crippen molar-refractivity contribution in [2.75, 3.05) is 23.8 Å². The van der Waals surface area contributed by atoms with Gasteiger partial charge in [-0.1, -0.05) is 11.2 Å². The van der Waals surface area contributed by atoms with Crippen LogP contribution in [0.4, 0.5) is 5.13 Å². The maximum Gasteiger partial charge on any atom is 0.352 e. The number of β-lactam (4-membered cyclic amide) rings is 1. The number of nitrogens with zero attached hydrogens (tertiary/aromatic N) is 6. The number of oxime groups is 1. The fourth-order valence-electron chi connectivity index (χ4n) is 4.29. The van der Waals surface area contributed by atoms with Crippen molar-refractivity contribution in [2.24, 2.45) is 10.3 Å². The van der Waals surface area contributed by atoms with Gasteiger partial charge >= 0.3 is 11.9 Å². The van der Waals surface area contributed by atoms with Gasteiger partial charge in [0.05, 0.1) is 0 Å². The zero-order chi connectivity index (χ0) is 29.1. The summed E-state index contributed by atoms with van der Waals surface area (Å²) in [7, 11) is 0. The van der Waals surface area contributed by atoms with Crippen LogP contribution < -0.4 is 16.6 Å². The molecule has 1 aromatic rings. The second-order valence-corrected chi connectivity index (χ2v) is 11.9. The fourth-order valence-corrected chi connectivity index (χ4v) is 7.10. The molecule has 0 aromatic carbocycles. The number of allylic oxidation sites excluding steroid dienone is 1. The molecule has 4 heterocycles. The Bertz CT molecular complexity index is 1360. The lowest BCUT2D eigenvalue weighted by atomic mass is 10.0. The predicted octanol–water partition coefficient (Wildman–Crippen LogP) is 0.00660. The largest absolute Gasteiger partial charge is 0.480 e. The second-order valence-electron chi connectivity index (χ2n) is 9.03. The molecule has 1 saturated heterocycles. The number of nitrogen functional groups attached to an aromatic ring is 1. The standard InChI is InChI=1S/C22H25N9O7S3/c23-22-25-13(9-40-22)15(27-38-12-4-2-1-3-5-12)18(34)26-16-19(35)30-17(21(36)37)11(7-39-20(16)30)8-41-31-24-10-29(28-31)6-14(32)33/h2,4,9-10,12,16,20,28H,1,3,5-8H2,(H2,23,25)(H,26,34)(H,32,33)(H,36,37)/t12?,16?,20-/m1/s1. The van der Waals surface area contributed by atoms with Crippen LogP contribution in [-0.2, 0) is 24.0 Å². The number of hydrazone groups is 1. The highest BCUT2D eigenvalue weighted by molar-refractivity contribution is 8.00. The van der Waals surface area contributed by atoms with Crippen molar-refractivity contribution in [2.45, 2.75) is 36.8 Å². The summed E-state index contributed by atoms with van der Waals surface area (Å²) in [5.74, 6) is -3.14. The molecule has 41 heavy (non-hydrogen) atoms. The van der Waals surface area contributed by atoms with E-state index in [9.17, 15) is 24.3 Å². The number of carboxylic acids is 2.